The lowest BCUT2D eigenvalue weighted by Crippen LogP contribution is -2.17. The zero-order chi connectivity index (χ0) is 13.9. The highest BCUT2D eigenvalue weighted by molar-refractivity contribution is 6.05. The molecule has 0 atom stereocenters. The Hall–Kier alpha value is -2.76. The summed E-state index contributed by atoms with van der Waals surface area (Å²) in [6, 6.07) is 8.40. The minimum Gasteiger partial charge on any atom is -0.486 e. The number of nitrogen functional groups attached to an aromatic ring is 1. The summed E-state index contributed by atoms with van der Waals surface area (Å²) in [5.41, 5.74) is 6.61. The van der Waals surface area contributed by atoms with Crippen molar-refractivity contribution in [3.05, 3.63) is 42.1 Å². The molecule has 1 aliphatic rings. The summed E-state index contributed by atoms with van der Waals surface area (Å²) in [5, 5.41) is 2.66. The highest BCUT2D eigenvalue weighted by Crippen LogP contribution is 2.31. The maximum absolute atomic E-state index is 12.1. The standard InChI is InChI=1S/C14H13N3O3/c15-10-2-1-5-16-13(10)17-14(18)9-3-4-11-12(8-9)20-7-6-19-11/h1-5,8H,6-7,15H2,(H,16,17,18). The van der Waals surface area contributed by atoms with E-state index < -0.39 is 0 Å². The number of carbonyl (C=O) groups is 1. The fraction of sp³-hybridized carbons (Fsp3) is 0.143. The first kappa shape index (κ1) is 12.3. The second-order valence-corrected chi connectivity index (χ2v) is 4.25. The highest BCUT2D eigenvalue weighted by Gasteiger charge is 2.15. The number of nitrogens with two attached hydrogens (primary N) is 1. The summed E-state index contributed by atoms with van der Waals surface area (Å²) in [7, 11) is 0. The third kappa shape index (κ3) is 2.35. The number of ether oxygens (including phenoxy) is 2. The molecule has 1 aromatic heterocycles. The molecule has 0 saturated carbocycles. The predicted molar refractivity (Wildman–Crippen MR) is 74.0 cm³/mol. The summed E-state index contributed by atoms with van der Waals surface area (Å²) >= 11 is 0. The van der Waals surface area contributed by atoms with E-state index in [0.717, 1.165) is 0 Å². The van der Waals surface area contributed by atoms with Gasteiger partial charge in [-0.3, -0.25) is 4.79 Å². The van der Waals surface area contributed by atoms with E-state index in [1.54, 1.807) is 36.5 Å². The Morgan fingerprint density at radius 3 is 2.80 bits per heavy atom. The van der Waals surface area contributed by atoms with Crippen molar-refractivity contribution in [1.82, 2.24) is 4.98 Å². The number of hydrogen-bond donors (Lipinski definition) is 2. The van der Waals surface area contributed by atoms with E-state index in [-0.39, 0.29) is 5.91 Å². The van der Waals surface area contributed by atoms with Crippen molar-refractivity contribution in [2.45, 2.75) is 0 Å². The lowest BCUT2D eigenvalue weighted by molar-refractivity contribution is 0.102. The molecule has 0 unspecified atom stereocenters. The Morgan fingerprint density at radius 2 is 2.00 bits per heavy atom. The number of pyridine rings is 1. The molecule has 6 heteroatoms. The van der Waals surface area contributed by atoms with Gasteiger partial charge in [0.05, 0.1) is 5.69 Å². The van der Waals surface area contributed by atoms with E-state index in [4.69, 9.17) is 15.2 Å². The van der Waals surface area contributed by atoms with Gasteiger partial charge < -0.3 is 20.5 Å². The molecule has 6 nitrogen and oxygen atoms in total. The molecule has 0 saturated heterocycles. The van der Waals surface area contributed by atoms with Gasteiger partial charge >= 0.3 is 0 Å². The first-order valence-corrected chi connectivity index (χ1v) is 6.15. The maximum atomic E-state index is 12.1. The molecule has 102 valence electrons. The van der Waals surface area contributed by atoms with Crippen molar-refractivity contribution in [3.63, 3.8) is 0 Å². The fourth-order valence-corrected chi connectivity index (χ4v) is 1.89. The number of rotatable bonds is 2. The molecular formula is C14H13N3O3. The van der Waals surface area contributed by atoms with Crippen LogP contribution >= 0.6 is 0 Å². The molecule has 2 heterocycles. The number of nitrogens with one attached hydrogen (secondary N) is 1. The monoisotopic (exact) mass is 271 g/mol. The normalized spacial score (nSPS) is 12.8. The van der Waals surface area contributed by atoms with Crippen LogP contribution in [-0.4, -0.2) is 24.1 Å². The van der Waals surface area contributed by atoms with Gasteiger partial charge in [-0.15, -0.1) is 0 Å². The topological polar surface area (TPSA) is 86.5 Å². The van der Waals surface area contributed by atoms with Crippen LogP contribution in [0.4, 0.5) is 11.5 Å². The molecular weight excluding hydrogens is 258 g/mol. The highest BCUT2D eigenvalue weighted by atomic mass is 16.6. The molecule has 3 rings (SSSR count). The quantitative estimate of drug-likeness (QED) is 0.868. The Morgan fingerprint density at radius 1 is 1.20 bits per heavy atom. The van der Waals surface area contributed by atoms with E-state index in [1.807, 2.05) is 0 Å². The number of fused-ring (bicyclic) bond motifs is 1. The van der Waals surface area contributed by atoms with E-state index in [9.17, 15) is 4.79 Å². The summed E-state index contributed by atoms with van der Waals surface area (Å²) in [6.07, 6.45) is 1.57. The summed E-state index contributed by atoms with van der Waals surface area (Å²) in [4.78, 5) is 16.2. The van der Waals surface area contributed by atoms with Crippen molar-refractivity contribution in [2.75, 3.05) is 24.3 Å². The Bertz CT molecular complexity index is 658. The fourth-order valence-electron chi connectivity index (χ4n) is 1.89. The van der Waals surface area contributed by atoms with Gasteiger partial charge in [-0.25, -0.2) is 4.98 Å². The van der Waals surface area contributed by atoms with Crippen molar-refractivity contribution in [2.24, 2.45) is 0 Å². The van der Waals surface area contributed by atoms with Crippen molar-refractivity contribution < 1.29 is 14.3 Å². The van der Waals surface area contributed by atoms with Gasteiger partial charge in [0.15, 0.2) is 17.3 Å². The summed E-state index contributed by atoms with van der Waals surface area (Å²) in [5.74, 6) is 1.25. The number of carbonyl (C=O) groups excluding carboxylic acids is 1. The smallest absolute Gasteiger partial charge is 0.257 e. The van der Waals surface area contributed by atoms with Crippen LogP contribution < -0.4 is 20.5 Å². The van der Waals surface area contributed by atoms with Gasteiger partial charge in [-0.1, -0.05) is 0 Å². The zero-order valence-electron chi connectivity index (χ0n) is 10.6. The predicted octanol–water partition coefficient (Wildman–Crippen LogP) is 1.69. The first-order chi connectivity index (χ1) is 9.74. The number of anilines is 2. The second kappa shape index (κ2) is 5.08. The average Bonchev–Trinajstić information content (AvgIpc) is 2.49. The van der Waals surface area contributed by atoms with Gasteiger partial charge in [-0.2, -0.15) is 0 Å². The third-order valence-corrected chi connectivity index (χ3v) is 2.88. The van der Waals surface area contributed by atoms with Gasteiger partial charge in [0.2, 0.25) is 0 Å². The van der Waals surface area contributed by atoms with E-state index in [2.05, 4.69) is 10.3 Å². The minimum absolute atomic E-state index is 0.299. The molecule has 0 spiro atoms. The number of benzene rings is 1. The Balaban J connectivity index is 1.82. The maximum Gasteiger partial charge on any atom is 0.257 e. The van der Waals surface area contributed by atoms with Crippen molar-refractivity contribution in [1.29, 1.82) is 0 Å². The van der Waals surface area contributed by atoms with Crippen LogP contribution in [0.25, 0.3) is 0 Å². The van der Waals surface area contributed by atoms with E-state index in [0.29, 0.717) is 41.8 Å². The number of aromatic nitrogens is 1. The zero-order valence-corrected chi connectivity index (χ0v) is 10.6. The van der Waals surface area contributed by atoms with E-state index >= 15 is 0 Å². The van der Waals surface area contributed by atoms with Crippen LogP contribution in [0.3, 0.4) is 0 Å². The molecule has 0 radical (unpaired) electrons. The molecule has 3 N–H and O–H groups in total. The minimum atomic E-state index is -0.299. The second-order valence-electron chi connectivity index (χ2n) is 4.25. The molecule has 1 aromatic carbocycles. The van der Waals surface area contributed by atoms with Gasteiger partial charge in [0.1, 0.15) is 13.2 Å². The third-order valence-electron chi connectivity index (χ3n) is 2.88. The van der Waals surface area contributed by atoms with Crippen LogP contribution in [0.5, 0.6) is 11.5 Å². The van der Waals surface area contributed by atoms with Crippen LogP contribution in [0.15, 0.2) is 36.5 Å². The molecule has 0 fully saturated rings. The lowest BCUT2D eigenvalue weighted by atomic mass is 10.2. The molecule has 0 bridgehead atoms. The molecule has 0 aliphatic carbocycles. The van der Waals surface area contributed by atoms with Crippen LogP contribution in [-0.2, 0) is 0 Å². The summed E-state index contributed by atoms with van der Waals surface area (Å²) < 4.78 is 10.8. The molecule has 1 amide bonds. The van der Waals surface area contributed by atoms with Crippen molar-refractivity contribution in [3.8, 4) is 11.5 Å². The van der Waals surface area contributed by atoms with E-state index in [1.165, 1.54) is 0 Å². The Labute approximate surface area is 115 Å². The Kier molecular flexibility index (Phi) is 3.12. The lowest BCUT2D eigenvalue weighted by Gasteiger charge is -2.18. The van der Waals surface area contributed by atoms with Crippen LogP contribution in [0.2, 0.25) is 0 Å². The van der Waals surface area contributed by atoms with Crippen LogP contribution in [0, 0.1) is 0 Å². The molecule has 1 aliphatic heterocycles. The summed E-state index contributed by atoms with van der Waals surface area (Å²) in [6.45, 7) is 0.994. The van der Waals surface area contributed by atoms with Crippen molar-refractivity contribution >= 4 is 17.4 Å². The van der Waals surface area contributed by atoms with Crippen LogP contribution in [0.1, 0.15) is 10.4 Å². The van der Waals surface area contributed by atoms with Gasteiger partial charge in [0, 0.05) is 11.8 Å². The number of amides is 1. The van der Waals surface area contributed by atoms with Gasteiger partial charge in [0.25, 0.3) is 5.91 Å². The van der Waals surface area contributed by atoms with Gasteiger partial charge in [-0.05, 0) is 30.3 Å². The molecule has 2 aromatic rings. The average molecular weight is 271 g/mol. The molecule has 20 heavy (non-hydrogen) atoms. The first-order valence-electron chi connectivity index (χ1n) is 6.15. The number of nitrogens with zero attached hydrogens (tertiary/aromatic N) is 1. The number of hydrogen-bond acceptors (Lipinski definition) is 5. The largest absolute Gasteiger partial charge is 0.486 e. The SMILES string of the molecule is Nc1cccnc1NC(=O)c1ccc2c(c1)OCCO2.